The van der Waals surface area contributed by atoms with Crippen molar-refractivity contribution < 1.29 is 4.79 Å². The van der Waals surface area contributed by atoms with Crippen LogP contribution in [0.15, 0.2) is 49.1 Å². The smallest absolute Gasteiger partial charge is 0.257 e. The van der Waals surface area contributed by atoms with Gasteiger partial charge in [0.15, 0.2) is 0 Å². The predicted molar refractivity (Wildman–Crippen MR) is 145 cm³/mol. The van der Waals surface area contributed by atoms with Crippen molar-refractivity contribution in [3.8, 4) is 11.8 Å². The first kappa shape index (κ1) is 24.6. The molecule has 1 saturated heterocycles. The van der Waals surface area contributed by atoms with Gasteiger partial charge in [-0.25, -0.2) is 9.97 Å². The van der Waals surface area contributed by atoms with Gasteiger partial charge in [0.25, 0.3) is 5.91 Å². The van der Waals surface area contributed by atoms with E-state index in [1.807, 2.05) is 36.6 Å². The number of hydrogen-bond donors (Lipinski definition) is 1. The zero-order valence-corrected chi connectivity index (χ0v) is 21.7. The summed E-state index contributed by atoms with van der Waals surface area (Å²) >= 11 is 0. The molecular formula is C29H31N7O. The maximum Gasteiger partial charge on any atom is 0.257 e. The highest BCUT2D eigenvalue weighted by Crippen LogP contribution is 2.19. The monoisotopic (exact) mass is 493 g/mol. The zero-order valence-electron chi connectivity index (χ0n) is 21.7. The standard InChI is InChI=1S/C29H31N7O/c1-20-13-26(7-6-24(20)19-35-11-9-34(4)10-12-35)33-28(37)25-14-23(15-30-16-25)5-8-27-17-31-29-32-22(3)21(2)18-36(27)29/h6-7,13-18H,9-12,19H2,1-4H3,(H,33,37). The molecule has 1 amide bonds. The van der Waals surface area contributed by atoms with Crippen LogP contribution in [-0.4, -0.2) is 68.3 Å². The molecule has 4 heterocycles. The highest BCUT2D eigenvalue weighted by Gasteiger charge is 2.15. The maximum atomic E-state index is 13.0. The van der Waals surface area contributed by atoms with Crippen LogP contribution in [0.2, 0.25) is 0 Å². The second kappa shape index (κ2) is 10.5. The molecule has 0 unspecified atom stereocenters. The van der Waals surface area contributed by atoms with Gasteiger partial charge in [-0.15, -0.1) is 0 Å². The molecule has 1 aliphatic heterocycles. The first-order valence-corrected chi connectivity index (χ1v) is 12.5. The summed E-state index contributed by atoms with van der Waals surface area (Å²) in [4.78, 5) is 30.8. The summed E-state index contributed by atoms with van der Waals surface area (Å²) in [6.07, 6.45) is 6.89. The molecule has 0 atom stereocenters. The quantitative estimate of drug-likeness (QED) is 0.439. The summed E-state index contributed by atoms with van der Waals surface area (Å²) in [7, 11) is 2.17. The third-order valence-corrected chi connectivity index (χ3v) is 6.86. The SMILES string of the molecule is Cc1cc(NC(=O)c2cncc(C#Cc3cnc4nc(C)c(C)cn34)c2)ccc1CN1CCN(C)CC1. The lowest BCUT2D eigenvalue weighted by atomic mass is 10.1. The molecule has 37 heavy (non-hydrogen) atoms. The fourth-order valence-corrected chi connectivity index (χ4v) is 4.35. The number of fused-ring (bicyclic) bond motifs is 1. The van der Waals surface area contributed by atoms with Crippen molar-refractivity contribution in [2.45, 2.75) is 27.3 Å². The molecule has 1 aliphatic rings. The summed E-state index contributed by atoms with van der Waals surface area (Å²) in [5.41, 5.74) is 7.07. The van der Waals surface area contributed by atoms with Gasteiger partial charge in [-0.2, -0.15) is 0 Å². The van der Waals surface area contributed by atoms with Crippen LogP contribution < -0.4 is 5.32 Å². The summed E-state index contributed by atoms with van der Waals surface area (Å²) in [5.74, 6) is 6.63. The number of nitrogens with one attached hydrogen (secondary N) is 1. The number of aromatic nitrogens is 4. The Bertz CT molecular complexity index is 1520. The highest BCUT2D eigenvalue weighted by molar-refractivity contribution is 6.04. The van der Waals surface area contributed by atoms with Crippen LogP contribution in [0.25, 0.3) is 5.78 Å². The number of anilines is 1. The molecule has 1 N–H and O–H groups in total. The summed E-state index contributed by atoms with van der Waals surface area (Å²) < 4.78 is 1.87. The Morgan fingerprint density at radius 3 is 2.59 bits per heavy atom. The number of pyridine rings is 1. The first-order chi connectivity index (χ1) is 17.9. The van der Waals surface area contributed by atoms with E-state index in [4.69, 9.17) is 0 Å². The molecule has 8 nitrogen and oxygen atoms in total. The van der Waals surface area contributed by atoms with Crippen molar-refractivity contribution in [3.05, 3.63) is 88.3 Å². The first-order valence-electron chi connectivity index (χ1n) is 12.5. The van der Waals surface area contributed by atoms with Crippen molar-refractivity contribution in [3.63, 3.8) is 0 Å². The van der Waals surface area contributed by atoms with Gasteiger partial charge in [-0.1, -0.05) is 12.0 Å². The van der Waals surface area contributed by atoms with Crippen LogP contribution in [0, 0.1) is 32.6 Å². The third-order valence-electron chi connectivity index (χ3n) is 6.86. The van der Waals surface area contributed by atoms with E-state index in [0.717, 1.165) is 55.4 Å². The number of likely N-dealkylation sites (N-methyl/N-ethyl adjacent to an activating group) is 1. The fourth-order valence-electron chi connectivity index (χ4n) is 4.35. The van der Waals surface area contributed by atoms with Crippen LogP contribution in [0.1, 0.15) is 44.0 Å². The van der Waals surface area contributed by atoms with Gasteiger partial charge in [-0.05, 0) is 68.6 Å². The number of hydrogen-bond acceptors (Lipinski definition) is 6. The number of carbonyl (C=O) groups excluding carboxylic acids is 1. The molecular weight excluding hydrogens is 462 g/mol. The molecule has 8 heteroatoms. The van der Waals surface area contributed by atoms with E-state index >= 15 is 0 Å². The lowest BCUT2D eigenvalue weighted by Crippen LogP contribution is -2.43. The van der Waals surface area contributed by atoms with Crippen LogP contribution in [0.3, 0.4) is 0 Å². The number of benzene rings is 1. The number of imidazole rings is 1. The Kier molecular flexibility index (Phi) is 6.99. The molecule has 0 bridgehead atoms. The Balaban J connectivity index is 1.27. The number of amides is 1. The topological polar surface area (TPSA) is 78.7 Å². The molecule has 5 rings (SSSR count). The molecule has 0 saturated carbocycles. The van der Waals surface area contributed by atoms with Crippen LogP contribution in [-0.2, 0) is 6.54 Å². The number of aryl methyl sites for hydroxylation is 3. The second-order valence-corrected chi connectivity index (χ2v) is 9.71. The summed E-state index contributed by atoms with van der Waals surface area (Å²) in [6, 6.07) is 7.86. The van der Waals surface area contributed by atoms with E-state index in [2.05, 4.69) is 61.9 Å². The number of piperazine rings is 1. The second-order valence-electron chi connectivity index (χ2n) is 9.71. The van der Waals surface area contributed by atoms with E-state index in [9.17, 15) is 4.79 Å². The zero-order chi connectivity index (χ0) is 25.9. The van der Waals surface area contributed by atoms with Gasteiger partial charge in [0.2, 0.25) is 5.78 Å². The lowest BCUT2D eigenvalue weighted by Gasteiger charge is -2.32. The van der Waals surface area contributed by atoms with Gasteiger partial charge in [0.1, 0.15) is 5.69 Å². The number of carbonyl (C=O) groups is 1. The van der Waals surface area contributed by atoms with E-state index in [-0.39, 0.29) is 5.91 Å². The molecule has 1 fully saturated rings. The van der Waals surface area contributed by atoms with E-state index in [1.165, 1.54) is 11.1 Å². The highest BCUT2D eigenvalue weighted by atomic mass is 16.1. The minimum atomic E-state index is -0.215. The third kappa shape index (κ3) is 5.69. The number of rotatable bonds is 4. The molecule has 3 aromatic heterocycles. The van der Waals surface area contributed by atoms with Gasteiger partial charge >= 0.3 is 0 Å². The number of nitrogens with zero attached hydrogens (tertiary/aromatic N) is 6. The van der Waals surface area contributed by atoms with Crippen LogP contribution in [0.5, 0.6) is 0 Å². The molecule has 1 aromatic carbocycles. The molecule has 188 valence electrons. The van der Waals surface area contributed by atoms with E-state index in [1.54, 1.807) is 24.7 Å². The Labute approximate surface area is 217 Å². The summed E-state index contributed by atoms with van der Waals surface area (Å²) in [6.45, 7) is 11.3. The Morgan fingerprint density at radius 2 is 1.81 bits per heavy atom. The molecule has 4 aromatic rings. The minimum Gasteiger partial charge on any atom is -0.322 e. The van der Waals surface area contributed by atoms with Crippen molar-refractivity contribution in [2.24, 2.45) is 0 Å². The maximum absolute atomic E-state index is 13.0. The summed E-state index contributed by atoms with van der Waals surface area (Å²) in [5, 5.41) is 3.00. The average Bonchev–Trinajstić information content (AvgIpc) is 3.27. The van der Waals surface area contributed by atoms with Gasteiger partial charge in [0, 0.05) is 68.3 Å². The Hall–Kier alpha value is -4.06. The average molecular weight is 494 g/mol. The van der Waals surface area contributed by atoms with Crippen LogP contribution in [0.4, 0.5) is 5.69 Å². The molecule has 0 aliphatic carbocycles. The van der Waals surface area contributed by atoms with Crippen molar-refractivity contribution in [1.29, 1.82) is 0 Å². The predicted octanol–water partition coefficient (Wildman–Crippen LogP) is 3.45. The molecule has 0 radical (unpaired) electrons. The largest absolute Gasteiger partial charge is 0.322 e. The van der Waals surface area contributed by atoms with Crippen LogP contribution >= 0.6 is 0 Å². The molecule has 0 spiro atoms. The van der Waals surface area contributed by atoms with Gasteiger partial charge in [0.05, 0.1) is 11.8 Å². The lowest BCUT2D eigenvalue weighted by molar-refractivity contribution is 0.102. The van der Waals surface area contributed by atoms with Gasteiger partial charge in [-0.3, -0.25) is 19.1 Å². The normalized spacial score (nSPS) is 14.4. The fraction of sp³-hybridized carbons (Fsp3) is 0.310. The van der Waals surface area contributed by atoms with Crippen molar-refractivity contribution >= 4 is 17.4 Å². The van der Waals surface area contributed by atoms with E-state index < -0.39 is 0 Å². The minimum absolute atomic E-state index is 0.215. The Morgan fingerprint density at radius 1 is 1.00 bits per heavy atom. The van der Waals surface area contributed by atoms with Crippen molar-refractivity contribution in [1.82, 2.24) is 29.2 Å². The van der Waals surface area contributed by atoms with Crippen molar-refractivity contribution in [2.75, 3.05) is 38.5 Å². The van der Waals surface area contributed by atoms with E-state index in [0.29, 0.717) is 16.9 Å². The van der Waals surface area contributed by atoms with Gasteiger partial charge < -0.3 is 10.2 Å².